The summed E-state index contributed by atoms with van der Waals surface area (Å²) in [5.74, 6) is 0.459. The number of fused-ring (bicyclic) bond motifs is 8. The number of hydrogen-bond acceptors (Lipinski definition) is 1. The molecular weight excluding hydrogens is 472 g/mol. The first-order chi connectivity index (χ1) is 19.2. The Labute approximate surface area is 227 Å². The van der Waals surface area contributed by atoms with Crippen LogP contribution in [-0.4, -0.2) is 5.84 Å². The normalized spacial score (nSPS) is 11.9. The highest BCUT2D eigenvalue weighted by atomic mass is 14.9. The Bertz CT molecular complexity index is 2090. The second kappa shape index (κ2) is 9.27. The van der Waals surface area contributed by atoms with Crippen LogP contribution in [-0.2, 0) is 0 Å². The first-order valence-corrected chi connectivity index (χ1v) is 13.1. The number of hydrogen-bond donors (Lipinski definition) is 1. The lowest BCUT2D eigenvalue weighted by Gasteiger charge is -2.16. The molecule has 0 aromatic heterocycles. The Morgan fingerprint density at radius 3 is 1.69 bits per heavy atom. The fourth-order valence-electron chi connectivity index (χ4n) is 5.76. The smallest absolute Gasteiger partial charge is 0.131 e. The van der Waals surface area contributed by atoms with Crippen LogP contribution in [0.1, 0.15) is 11.1 Å². The summed E-state index contributed by atoms with van der Waals surface area (Å²) in [5.41, 5.74) is 11.1. The van der Waals surface area contributed by atoms with Gasteiger partial charge >= 0.3 is 0 Å². The van der Waals surface area contributed by atoms with E-state index in [0.717, 1.165) is 16.7 Å². The largest absolute Gasteiger partial charge is 0.383 e. The Morgan fingerprint density at radius 2 is 1.00 bits per heavy atom. The number of nitrogens with two attached hydrogens (primary N) is 1. The van der Waals surface area contributed by atoms with Crippen molar-refractivity contribution in [1.29, 1.82) is 0 Å². The first-order valence-electron chi connectivity index (χ1n) is 13.1. The Balaban J connectivity index is 1.47. The van der Waals surface area contributed by atoms with Gasteiger partial charge in [-0.3, -0.25) is 0 Å². The zero-order valence-corrected chi connectivity index (χ0v) is 21.4. The molecule has 0 atom stereocenters. The van der Waals surface area contributed by atoms with Crippen LogP contribution in [0.3, 0.4) is 0 Å². The summed E-state index contributed by atoms with van der Waals surface area (Å²) < 4.78 is 0. The molecule has 7 aromatic rings. The van der Waals surface area contributed by atoms with Crippen LogP contribution in [0.15, 0.2) is 145 Å². The highest BCUT2D eigenvalue weighted by Crippen LogP contribution is 2.42. The van der Waals surface area contributed by atoms with Crippen LogP contribution in [0.4, 0.5) is 0 Å². The molecule has 0 radical (unpaired) electrons. The molecule has 0 aliphatic rings. The maximum atomic E-state index is 6.31. The molecule has 39 heavy (non-hydrogen) atoms. The summed E-state index contributed by atoms with van der Waals surface area (Å²) in [4.78, 5) is 4.64. The molecular formula is C37H26N2. The van der Waals surface area contributed by atoms with Crippen molar-refractivity contribution in [1.82, 2.24) is 0 Å². The quantitative estimate of drug-likeness (QED) is 0.147. The number of aliphatic imine (C=N–C) groups is 1. The van der Waals surface area contributed by atoms with E-state index in [1.165, 1.54) is 48.7 Å². The molecule has 0 aliphatic carbocycles. The van der Waals surface area contributed by atoms with Crippen molar-refractivity contribution >= 4 is 54.6 Å². The van der Waals surface area contributed by atoms with Gasteiger partial charge < -0.3 is 5.73 Å². The molecule has 2 nitrogen and oxygen atoms in total. The summed E-state index contributed by atoms with van der Waals surface area (Å²) in [6.07, 6.45) is 0. The molecule has 0 spiro atoms. The van der Waals surface area contributed by atoms with E-state index in [4.69, 9.17) is 5.73 Å². The first kappa shape index (κ1) is 22.9. The van der Waals surface area contributed by atoms with Gasteiger partial charge in [0.05, 0.1) is 5.70 Å². The van der Waals surface area contributed by atoms with Crippen LogP contribution in [0.5, 0.6) is 0 Å². The molecule has 0 amide bonds. The standard InChI is InChI=1S/C37H26N2/c1-24(39-37(38)25-12-3-2-4-13-25)26-14-11-15-27(22-26)34-23-35-30-18-6-5-16-28(30)29-17-7-9-20-32(29)36(35)33-21-10-8-19-31(33)34/h2-23H,1H2,(H2,38,39). The molecule has 0 fully saturated rings. The molecule has 0 saturated heterocycles. The van der Waals surface area contributed by atoms with Crippen molar-refractivity contribution < 1.29 is 0 Å². The number of nitrogens with zero attached hydrogens (tertiary/aromatic N) is 1. The topological polar surface area (TPSA) is 38.4 Å². The average molecular weight is 499 g/mol. The fraction of sp³-hybridized carbons (Fsp3) is 0. The molecule has 7 rings (SSSR count). The third-order valence-electron chi connectivity index (χ3n) is 7.58. The van der Waals surface area contributed by atoms with Crippen molar-refractivity contribution in [3.63, 3.8) is 0 Å². The van der Waals surface area contributed by atoms with Gasteiger partial charge in [-0.25, -0.2) is 4.99 Å². The van der Waals surface area contributed by atoms with Crippen molar-refractivity contribution in [3.05, 3.63) is 151 Å². The maximum Gasteiger partial charge on any atom is 0.131 e. The number of amidine groups is 1. The molecule has 184 valence electrons. The summed E-state index contributed by atoms with van der Waals surface area (Å²) in [6, 6.07) is 46.8. The van der Waals surface area contributed by atoms with Gasteiger partial charge in [-0.2, -0.15) is 0 Å². The number of rotatable bonds is 4. The minimum Gasteiger partial charge on any atom is -0.383 e. The van der Waals surface area contributed by atoms with Crippen LogP contribution < -0.4 is 5.73 Å². The lowest BCUT2D eigenvalue weighted by Crippen LogP contribution is -2.13. The van der Waals surface area contributed by atoms with E-state index in [1.54, 1.807) is 0 Å². The van der Waals surface area contributed by atoms with Crippen LogP contribution in [0.25, 0.3) is 59.9 Å². The minimum atomic E-state index is 0.459. The van der Waals surface area contributed by atoms with E-state index in [9.17, 15) is 0 Å². The maximum absolute atomic E-state index is 6.31. The van der Waals surface area contributed by atoms with Crippen molar-refractivity contribution in [2.45, 2.75) is 0 Å². The molecule has 0 saturated carbocycles. The highest BCUT2D eigenvalue weighted by Gasteiger charge is 2.15. The van der Waals surface area contributed by atoms with Crippen molar-refractivity contribution in [2.24, 2.45) is 10.7 Å². The van der Waals surface area contributed by atoms with Crippen molar-refractivity contribution in [2.75, 3.05) is 0 Å². The van der Waals surface area contributed by atoms with E-state index in [1.807, 2.05) is 36.4 Å². The second-order valence-electron chi connectivity index (χ2n) is 9.87. The second-order valence-corrected chi connectivity index (χ2v) is 9.87. The predicted octanol–water partition coefficient (Wildman–Crippen LogP) is 9.34. The SMILES string of the molecule is C=C(N=C(N)c1ccccc1)c1cccc(-c2cc3c4ccccc4c4ccccc4c3c3ccccc23)c1. The van der Waals surface area contributed by atoms with Crippen molar-refractivity contribution in [3.8, 4) is 11.1 Å². The summed E-state index contributed by atoms with van der Waals surface area (Å²) >= 11 is 0. The van der Waals surface area contributed by atoms with Gasteiger partial charge in [-0.05, 0) is 66.3 Å². The molecule has 0 unspecified atom stereocenters. The van der Waals surface area contributed by atoms with Gasteiger partial charge in [0.25, 0.3) is 0 Å². The lowest BCUT2D eigenvalue weighted by molar-refractivity contribution is 1.46. The van der Waals surface area contributed by atoms with Gasteiger partial charge in [0.2, 0.25) is 0 Å². The summed E-state index contributed by atoms with van der Waals surface area (Å²) in [6.45, 7) is 4.25. The van der Waals surface area contributed by atoms with Gasteiger partial charge in [-0.1, -0.05) is 128 Å². The van der Waals surface area contributed by atoms with E-state index >= 15 is 0 Å². The van der Waals surface area contributed by atoms with E-state index in [0.29, 0.717) is 11.5 Å². The van der Waals surface area contributed by atoms with Gasteiger partial charge in [0, 0.05) is 11.1 Å². The van der Waals surface area contributed by atoms with E-state index < -0.39 is 0 Å². The third-order valence-corrected chi connectivity index (χ3v) is 7.58. The van der Waals surface area contributed by atoms with Crippen LogP contribution in [0.2, 0.25) is 0 Å². The molecule has 2 heteroatoms. The highest BCUT2D eigenvalue weighted by molar-refractivity contribution is 6.33. The molecule has 0 bridgehead atoms. The Hall–Kier alpha value is -5.21. The zero-order valence-electron chi connectivity index (χ0n) is 21.4. The lowest BCUT2D eigenvalue weighted by atomic mass is 9.87. The average Bonchev–Trinajstić information content (AvgIpc) is 3.01. The molecule has 2 N–H and O–H groups in total. The summed E-state index contributed by atoms with van der Waals surface area (Å²) in [7, 11) is 0. The minimum absolute atomic E-state index is 0.459. The predicted molar refractivity (Wildman–Crippen MR) is 168 cm³/mol. The molecule has 0 heterocycles. The van der Waals surface area contributed by atoms with Crippen LogP contribution >= 0.6 is 0 Å². The monoisotopic (exact) mass is 498 g/mol. The van der Waals surface area contributed by atoms with Gasteiger partial charge in [0.15, 0.2) is 0 Å². The van der Waals surface area contributed by atoms with Gasteiger partial charge in [0.1, 0.15) is 5.84 Å². The zero-order chi connectivity index (χ0) is 26.3. The van der Waals surface area contributed by atoms with E-state index in [-0.39, 0.29) is 0 Å². The summed E-state index contributed by atoms with van der Waals surface area (Å²) in [5, 5.41) is 10.1. The Morgan fingerprint density at radius 1 is 0.487 bits per heavy atom. The van der Waals surface area contributed by atoms with E-state index in [2.05, 4.69) is 109 Å². The van der Waals surface area contributed by atoms with Gasteiger partial charge in [-0.15, -0.1) is 0 Å². The Kier molecular flexibility index (Phi) is 5.45. The fourth-order valence-corrected chi connectivity index (χ4v) is 5.76. The molecule has 7 aromatic carbocycles. The van der Waals surface area contributed by atoms with Crippen LogP contribution in [0, 0.1) is 0 Å². The third kappa shape index (κ3) is 3.86. The molecule has 0 aliphatic heterocycles. The number of benzene rings is 7.